The van der Waals surface area contributed by atoms with Gasteiger partial charge in [-0.05, 0) is 19.2 Å². The van der Waals surface area contributed by atoms with Gasteiger partial charge in [-0.1, -0.05) is 11.6 Å². The number of halogens is 2. The number of benzene rings is 1. The largest absolute Gasteiger partial charge is 0.313 e. The molecular formula is C10H11ClFNO3S. The van der Waals surface area contributed by atoms with Gasteiger partial charge in [0, 0.05) is 11.8 Å². The lowest BCUT2D eigenvalue weighted by atomic mass is 10.1. The minimum Gasteiger partial charge on any atom is -0.313 e. The molecule has 1 N–H and O–H groups in total. The van der Waals surface area contributed by atoms with Crippen molar-refractivity contribution in [2.24, 2.45) is 0 Å². The van der Waals surface area contributed by atoms with Crippen molar-refractivity contribution in [3.63, 3.8) is 0 Å². The molecule has 0 unspecified atom stereocenters. The average molecular weight is 280 g/mol. The van der Waals surface area contributed by atoms with Gasteiger partial charge in [0.05, 0.1) is 11.6 Å². The predicted molar refractivity (Wildman–Crippen MR) is 62.8 cm³/mol. The highest BCUT2D eigenvalue weighted by atomic mass is 35.5. The summed E-state index contributed by atoms with van der Waals surface area (Å²) in [5.74, 6) is -1.38. The van der Waals surface area contributed by atoms with Crippen LogP contribution in [0.5, 0.6) is 0 Å². The average Bonchev–Trinajstić information content (AvgIpc) is 2.14. The lowest BCUT2D eigenvalue weighted by Crippen LogP contribution is -2.19. The van der Waals surface area contributed by atoms with Crippen LogP contribution in [0.2, 0.25) is 5.02 Å². The van der Waals surface area contributed by atoms with Crippen LogP contribution in [0.4, 0.5) is 4.39 Å². The summed E-state index contributed by atoms with van der Waals surface area (Å²) in [5, 5.41) is 2.33. The molecule has 1 aromatic rings. The van der Waals surface area contributed by atoms with Crippen molar-refractivity contribution in [3.05, 3.63) is 28.5 Å². The van der Waals surface area contributed by atoms with Crippen LogP contribution in [-0.4, -0.2) is 34.0 Å². The predicted octanol–water partition coefficient (Wildman–Crippen LogP) is 1.28. The van der Waals surface area contributed by atoms with Gasteiger partial charge in [0.25, 0.3) is 0 Å². The van der Waals surface area contributed by atoms with E-state index in [4.69, 9.17) is 11.6 Å². The Labute approximate surface area is 104 Å². The van der Waals surface area contributed by atoms with Gasteiger partial charge in [-0.25, -0.2) is 12.8 Å². The number of likely N-dealkylation sites (N-methyl/N-ethyl adjacent to an activating group) is 1. The molecule has 4 nitrogen and oxygen atoms in total. The summed E-state index contributed by atoms with van der Waals surface area (Å²) in [5.41, 5.74) is 0.0363. The van der Waals surface area contributed by atoms with Crippen molar-refractivity contribution in [2.75, 3.05) is 19.8 Å². The van der Waals surface area contributed by atoms with Crippen LogP contribution in [0.1, 0.15) is 10.4 Å². The van der Waals surface area contributed by atoms with Gasteiger partial charge in [0.15, 0.2) is 15.6 Å². The highest BCUT2D eigenvalue weighted by Crippen LogP contribution is 2.26. The molecule has 0 fully saturated rings. The lowest BCUT2D eigenvalue weighted by Gasteiger charge is -2.06. The van der Waals surface area contributed by atoms with Crippen LogP contribution >= 0.6 is 11.6 Å². The van der Waals surface area contributed by atoms with Crippen LogP contribution in [0, 0.1) is 5.82 Å². The number of hydrogen-bond donors (Lipinski definition) is 1. The van der Waals surface area contributed by atoms with E-state index in [-0.39, 0.29) is 22.9 Å². The van der Waals surface area contributed by atoms with Crippen LogP contribution in [0.25, 0.3) is 0 Å². The summed E-state index contributed by atoms with van der Waals surface area (Å²) in [6.45, 7) is 0.0218. The van der Waals surface area contributed by atoms with Crippen molar-refractivity contribution in [1.82, 2.24) is 5.32 Å². The van der Waals surface area contributed by atoms with Gasteiger partial charge < -0.3 is 5.32 Å². The molecule has 0 radical (unpaired) electrons. The van der Waals surface area contributed by atoms with Gasteiger partial charge in [-0.2, -0.15) is 0 Å². The van der Waals surface area contributed by atoms with Crippen LogP contribution in [-0.2, 0) is 9.84 Å². The second kappa shape index (κ2) is 5.12. The van der Waals surface area contributed by atoms with Gasteiger partial charge in [0.1, 0.15) is 10.7 Å². The number of hydrogen-bond acceptors (Lipinski definition) is 4. The Kier molecular flexibility index (Phi) is 4.24. The van der Waals surface area contributed by atoms with E-state index >= 15 is 0 Å². The molecule has 1 aromatic carbocycles. The smallest absolute Gasteiger partial charge is 0.179 e. The minimum absolute atomic E-state index is 0.0218. The minimum atomic E-state index is -3.75. The Morgan fingerprint density at radius 3 is 2.47 bits per heavy atom. The maximum atomic E-state index is 13.6. The fraction of sp³-hybridized carbons (Fsp3) is 0.300. The molecule has 0 amide bonds. The molecule has 7 heteroatoms. The third kappa shape index (κ3) is 3.24. The van der Waals surface area contributed by atoms with E-state index < -0.39 is 20.5 Å². The SMILES string of the molecule is CNCC(=O)c1cc(F)c(S(C)(=O)=O)c(Cl)c1. The van der Waals surface area contributed by atoms with Crippen molar-refractivity contribution in [1.29, 1.82) is 0 Å². The number of rotatable bonds is 4. The summed E-state index contributed by atoms with van der Waals surface area (Å²) in [7, 11) is -2.18. The Bertz CT molecular complexity index is 534. The molecule has 0 atom stereocenters. The number of ketones is 1. The van der Waals surface area contributed by atoms with E-state index in [2.05, 4.69) is 5.32 Å². The van der Waals surface area contributed by atoms with Gasteiger partial charge >= 0.3 is 0 Å². The summed E-state index contributed by atoms with van der Waals surface area (Å²) in [6.07, 6.45) is 0.854. The molecule has 0 spiro atoms. The van der Waals surface area contributed by atoms with E-state index in [1.54, 1.807) is 7.05 Å². The summed E-state index contributed by atoms with van der Waals surface area (Å²) >= 11 is 5.67. The molecule has 0 heterocycles. The van der Waals surface area contributed by atoms with Crippen LogP contribution < -0.4 is 5.32 Å². The summed E-state index contributed by atoms with van der Waals surface area (Å²) < 4.78 is 36.1. The first-order valence-electron chi connectivity index (χ1n) is 4.64. The fourth-order valence-corrected chi connectivity index (χ4v) is 2.79. The Morgan fingerprint density at radius 2 is 2.06 bits per heavy atom. The molecule has 0 aliphatic heterocycles. The van der Waals surface area contributed by atoms with Crippen molar-refractivity contribution in [2.45, 2.75) is 4.90 Å². The highest BCUT2D eigenvalue weighted by molar-refractivity contribution is 7.90. The topological polar surface area (TPSA) is 63.2 Å². The molecule has 17 heavy (non-hydrogen) atoms. The Morgan fingerprint density at radius 1 is 1.47 bits per heavy atom. The van der Waals surface area contributed by atoms with Crippen LogP contribution in [0.15, 0.2) is 17.0 Å². The standard InChI is InChI=1S/C10H11ClFNO3S/c1-13-5-9(14)6-3-7(11)10(8(12)4-6)17(2,15)16/h3-4,13H,5H2,1-2H3. The van der Waals surface area contributed by atoms with Crippen LogP contribution in [0.3, 0.4) is 0 Å². The molecule has 0 aliphatic carbocycles. The Hall–Kier alpha value is -0.980. The third-order valence-corrected chi connectivity index (χ3v) is 3.60. The van der Waals surface area contributed by atoms with E-state index in [0.717, 1.165) is 18.4 Å². The first-order valence-corrected chi connectivity index (χ1v) is 6.91. The molecular weight excluding hydrogens is 269 g/mol. The maximum absolute atomic E-state index is 13.6. The third-order valence-electron chi connectivity index (χ3n) is 2.03. The van der Waals surface area contributed by atoms with Crippen molar-refractivity contribution < 1.29 is 17.6 Å². The number of Topliss-reactive ketones (excluding diaryl/α,β-unsaturated/α-hetero) is 1. The van der Waals surface area contributed by atoms with E-state index in [9.17, 15) is 17.6 Å². The first-order chi connectivity index (χ1) is 7.77. The second-order valence-corrected chi connectivity index (χ2v) is 5.85. The van der Waals surface area contributed by atoms with Gasteiger partial charge in [-0.3, -0.25) is 4.79 Å². The van der Waals surface area contributed by atoms with E-state index in [1.165, 1.54) is 0 Å². The van der Waals surface area contributed by atoms with E-state index in [0.29, 0.717) is 0 Å². The number of carbonyl (C=O) groups excluding carboxylic acids is 1. The zero-order valence-electron chi connectivity index (χ0n) is 9.25. The molecule has 0 aromatic heterocycles. The zero-order chi connectivity index (χ0) is 13.2. The van der Waals surface area contributed by atoms with Gasteiger partial charge in [-0.15, -0.1) is 0 Å². The lowest BCUT2D eigenvalue weighted by molar-refractivity contribution is 0.0993. The molecule has 0 saturated carbocycles. The number of sulfone groups is 1. The molecule has 0 saturated heterocycles. The van der Waals surface area contributed by atoms with Crippen molar-refractivity contribution in [3.8, 4) is 0 Å². The summed E-state index contributed by atoms with van der Waals surface area (Å²) in [4.78, 5) is 10.9. The normalized spacial score (nSPS) is 11.5. The molecule has 0 aliphatic rings. The molecule has 1 rings (SSSR count). The van der Waals surface area contributed by atoms with Crippen molar-refractivity contribution >= 4 is 27.2 Å². The zero-order valence-corrected chi connectivity index (χ0v) is 10.8. The molecule has 0 bridgehead atoms. The fourth-order valence-electron chi connectivity index (χ4n) is 1.34. The van der Waals surface area contributed by atoms with Gasteiger partial charge in [0.2, 0.25) is 0 Å². The first kappa shape index (κ1) is 14.1. The quantitative estimate of drug-likeness (QED) is 0.844. The monoisotopic (exact) mass is 279 g/mol. The summed E-state index contributed by atoms with van der Waals surface area (Å²) in [6, 6.07) is 2.03. The Balaban J connectivity index is 3.33. The molecule has 94 valence electrons. The highest BCUT2D eigenvalue weighted by Gasteiger charge is 2.20. The maximum Gasteiger partial charge on any atom is 0.179 e. The second-order valence-electron chi connectivity index (χ2n) is 3.49. The van der Waals surface area contributed by atoms with E-state index in [1.807, 2.05) is 0 Å². The number of nitrogens with one attached hydrogen (secondary N) is 1. The number of carbonyl (C=O) groups is 1.